The summed E-state index contributed by atoms with van der Waals surface area (Å²) in [6, 6.07) is 5.93. The van der Waals surface area contributed by atoms with Gasteiger partial charge in [0.2, 0.25) is 0 Å². The second kappa shape index (κ2) is 1.77. The fraction of sp³-hybridized carbons (Fsp3) is 0. The third-order valence-electron chi connectivity index (χ3n) is 1.65. The van der Waals surface area contributed by atoms with E-state index in [9.17, 15) is 0 Å². The number of H-pyrrole nitrogens is 1. The van der Waals surface area contributed by atoms with Gasteiger partial charge in [-0.1, -0.05) is 6.07 Å². The largest absolute Gasteiger partial charge is 0.398 e. The first-order valence-electron chi connectivity index (χ1n) is 3.19. The van der Waals surface area contributed by atoms with Crippen LogP contribution in [-0.2, 0) is 0 Å². The summed E-state index contributed by atoms with van der Waals surface area (Å²) in [6.45, 7) is 0. The zero-order valence-corrected chi connectivity index (χ0v) is 5.46. The van der Waals surface area contributed by atoms with Gasteiger partial charge in [-0.25, -0.2) is 0 Å². The second-order valence-electron chi connectivity index (χ2n) is 2.30. The molecule has 0 fully saturated rings. The number of hydrogen-bond acceptors (Lipinski definition) is 1. The van der Waals surface area contributed by atoms with Gasteiger partial charge in [0.15, 0.2) is 0 Å². The molecule has 50 valence electrons. The van der Waals surface area contributed by atoms with Crippen LogP contribution in [0.2, 0.25) is 0 Å². The monoisotopic (exact) mass is 132 g/mol. The molecular formula is C8H8N2. The number of pyridine rings is 1. The molecule has 0 aromatic rings. The number of fused-ring (bicyclic) bond motifs is 1. The molecule has 1 aliphatic heterocycles. The molecule has 0 aromatic heterocycles. The summed E-state index contributed by atoms with van der Waals surface area (Å²) in [4.78, 5) is 2.98. The number of anilines is 1. The van der Waals surface area contributed by atoms with Gasteiger partial charge in [-0.2, -0.15) is 0 Å². The number of hydrogen-bond donors (Lipinski definition) is 2. The zero-order valence-electron chi connectivity index (χ0n) is 5.46. The van der Waals surface area contributed by atoms with Crippen molar-refractivity contribution in [1.82, 2.24) is 4.98 Å². The van der Waals surface area contributed by atoms with Gasteiger partial charge in [0.1, 0.15) is 0 Å². The molecule has 0 unspecified atom stereocenters. The van der Waals surface area contributed by atoms with E-state index in [1.165, 1.54) is 5.56 Å². The second-order valence-corrected chi connectivity index (χ2v) is 2.30. The topological polar surface area (TPSA) is 41.8 Å². The average Bonchev–Trinajstić information content (AvgIpc) is 2.34. The third kappa shape index (κ3) is 0.589. The molecule has 3 N–H and O–H groups in total. The van der Waals surface area contributed by atoms with Crippen LogP contribution >= 0.6 is 0 Å². The van der Waals surface area contributed by atoms with Crippen molar-refractivity contribution in [2.24, 2.45) is 0 Å². The number of nitrogens with one attached hydrogen (secondary N) is 1. The molecule has 10 heavy (non-hydrogen) atoms. The first kappa shape index (κ1) is 5.35. The van der Waals surface area contributed by atoms with E-state index in [1.807, 2.05) is 30.6 Å². The third-order valence-corrected chi connectivity index (χ3v) is 1.65. The lowest BCUT2D eigenvalue weighted by Crippen LogP contribution is -1.83. The first-order chi connectivity index (χ1) is 4.88. The molecule has 0 atom stereocenters. The summed E-state index contributed by atoms with van der Waals surface area (Å²) in [5.41, 5.74) is 8.79. The molecule has 0 spiro atoms. The number of nitrogens with two attached hydrogens (primary N) is 1. The molecule has 0 saturated heterocycles. The highest BCUT2D eigenvalue weighted by atomic mass is 14.6. The molecule has 0 saturated carbocycles. The Balaban J connectivity index is 2.78. The van der Waals surface area contributed by atoms with Gasteiger partial charge in [0, 0.05) is 23.6 Å². The Morgan fingerprint density at radius 3 is 2.90 bits per heavy atom. The van der Waals surface area contributed by atoms with Crippen molar-refractivity contribution in [2.45, 2.75) is 0 Å². The van der Waals surface area contributed by atoms with E-state index >= 15 is 0 Å². The van der Waals surface area contributed by atoms with Crippen molar-refractivity contribution in [2.75, 3.05) is 5.73 Å². The zero-order chi connectivity index (χ0) is 6.97. The molecule has 2 nitrogen and oxygen atoms in total. The predicted octanol–water partition coefficient (Wildman–Crippen LogP) is 1.70. The molecule has 1 heterocycles. The van der Waals surface area contributed by atoms with Crippen molar-refractivity contribution in [1.29, 1.82) is 0 Å². The lowest BCUT2D eigenvalue weighted by molar-refractivity contribution is 1.34. The Morgan fingerprint density at radius 1 is 1.20 bits per heavy atom. The van der Waals surface area contributed by atoms with Crippen molar-refractivity contribution in [3.8, 4) is 11.1 Å². The van der Waals surface area contributed by atoms with E-state index in [2.05, 4.69) is 4.98 Å². The Bertz CT molecular complexity index is 311. The SMILES string of the molecule is Nc1ccc2cc[nH]cc1-2. The molecule has 0 bridgehead atoms. The van der Waals surface area contributed by atoms with Crippen LogP contribution in [0.15, 0.2) is 30.6 Å². The van der Waals surface area contributed by atoms with Crippen molar-refractivity contribution in [3.05, 3.63) is 30.6 Å². The van der Waals surface area contributed by atoms with Crippen molar-refractivity contribution in [3.63, 3.8) is 0 Å². The summed E-state index contributed by atoms with van der Waals surface area (Å²) in [7, 11) is 0. The van der Waals surface area contributed by atoms with E-state index in [1.54, 1.807) is 0 Å². The van der Waals surface area contributed by atoms with Crippen molar-refractivity contribution >= 4 is 5.69 Å². The van der Waals surface area contributed by atoms with Crippen LogP contribution < -0.4 is 5.73 Å². The van der Waals surface area contributed by atoms with Gasteiger partial charge < -0.3 is 10.7 Å². The highest BCUT2D eigenvalue weighted by Gasteiger charge is 2.03. The highest BCUT2D eigenvalue weighted by molar-refractivity contribution is 5.79. The van der Waals surface area contributed by atoms with E-state index < -0.39 is 0 Å². The fourth-order valence-corrected chi connectivity index (χ4v) is 1.11. The number of nitrogen functional groups attached to an aromatic ring is 1. The summed E-state index contributed by atoms with van der Waals surface area (Å²) in [6.07, 6.45) is 3.80. The van der Waals surface area contributed by atoms with Crippen molar-refractivity contribution < 1.29 is 0 Å². The maximum Gasteiger partial charge on any atom is 0.0408 e. The summed E-state index contributed by atoms with van der Waals surface area (Å²) < 4.78 is 0. The Morgan fingerprint density at radius 2 is 2.10 bits per heavy atom. The van der Waals surface area contributed by atoms with Crippen LogP contribution in [0.3, 0.4) is 0 Å². The smallest absolute Gasteiger partial charge is 0.0408 e. The molecule has 0 radical (unpaired) electrons. The predicted molar refractivity (Wildman–Crippen MR) is 41.8 cm³/mol. The van der Waals surface area contributed by atoms with E-state index in [-0.39, 0.29) is 0 Å². The lowest BCUT2D eigenvalue weighted by atomic mass is 10.2. The van der Waals surface area contributed by atoms with Crippen LogP contribution in [0.4, 0.5) is 5.69 Å². The number of rotatable bonds is 0. The Labute approximate surface area is 59.0 Å². The normalized spacial score (nSPS) is 10.4. The molecular weight excluding hydrogens is 124 g/mol. The van der Waals surface area contributed by atoms with Crippen LogP contribution in [0.5, 0.6) is 0 Å². The van der Waals surface area contributed by atoms with Crippen LogP contribution in [0.25, 0.3) is 11.1 Å². The van der Waals surface area contributed by atoms with E-state index in [0.717, 1.165) is 11.3 Å². The molecule has 0 amide bonds. The highest BCUT2D eigenvalue weighted by Crippen LogP contribution is 2.27. The van der Waals surface area contributed by atoms with Gasteiger partial charge >= 0.3 is 0 Å². The Hall–Kier alpha value is -1.44. The van der Waals surface area contributed by atoms with Gasteiger partial charge in [-0.15, -0.1) is 0 Å². The fourth-order valence-electron chi connectivity index (χ4n) is 1.11. The van der Waals surface area contributed by atoms with Gasteiger partial charge in [0.25, 0.3) is 0 Å². The van der Waals surface area contributed by atoms with Gasteiger partial charge in [-0.3, -0.25) is 0 Å². The van der Waals surface area contributed by atoms with Crippen LogP contribution in [0.1, 0.15) is 0 Å². The maximum atomic E-state index is 5.66. The molecule has 1 aliphatic carbocycles. The van der Waals surface area contributed by atoms with Crippen LogP contribution in [0, 0.1) is 0 Å². The van der Waals surface area contributed by atoms with Crippen LogP contribution in [-0.4, -0.2) is 4.98 Å². The van der Waals surface area contributed by atoms with Gasteiger partial charge in [-0.05, 0) is 17.7 Å². The lowest BCUT2D eigenvalue weighted by Gasteiger charge is -1.96. The molecule has 2 aliphatic rings. The minimum atomic E-state index is 0.840. The minimum absolute atomic E-state index is 0.840. The quantitative estimate of drug-likeness (QED) is 0.562. The van der Waals surface area contributed by atoms with Gasteiger partial charge in [0.05, 0.1) is 0 Å². The molecule has 2 heteroatoms. The summed E-state index contributed by atoms with van der Waals surface area (Å²) in [5.74, 6) is 0. The summed E-state index contributed by atoms with van der Waals surface area (Å²) in [5, 5.41) is 0. The standard InChI is InChI=1S/C8H8N2/c9-8-2-1-6-3-4-10-5-7(6)8/h1-5,10H,9H2. The Kier molecular flexibility index (Phi) is 0.947. The number of aromatic amines is 1. The summed E-state index contributed by atoms with van der Waals surface area (Å²) >= 11 is 0. The first-order valence-corrected chi connectivity index (χ1v) is 3.19. The van der Waals surface area contributed by atoms with E-state index in [0.29, 0.717) is 0 Å². The molecule has 0 aromatic carbocycles. The van der Waals surface area contributed by atoms with E-state index in [4.69, 9.17) is 5.73 Å². The minimum Gasteiger partial charge on any atom is -0.398 e. The molecule has 2 rings (SSSR count). The number of aromatic nitrogens is 1. The average molecular weight is 132 g/mol. The maximum absolute atomic E-state index is 5.66.